The Bertz CT molecular complexity index is 730. The van der Waals surface area contributed by atoms with Gasteiger partial charge in [0, 0.05) is 25.0 Å². The number of hydrogen-bond acceptors (Lipinski definition) is 3. The molecule has 1 saturated heterocycles. The Kier molecular flexibility index (Phi) is 8.17. The maximum atomic E-state index is 14.0. The number of carbonyl (C=O) groups excluding carboxylic acids is 3. The van der Waals surface area contributed by atoms with E-state index < -0.39 is 17.8 Å². The molecule has 1 aliphatic rings. The third-order valence-electron chi connectivity index (χ3n) is 5.51. The molecule has 1 aromatic rings. The zero-order valence-corrected chi connectivity index (χ0v) is 17.7. The van der Waals surface area contributed by atoms with Gasteiger partial charge in [0.05, 0.1) is 5.56 Å². The Morgan fingerprint density at radius 2 is 1.72 bits per heavy atom. The average molecular weight is 406 g/mol. The van der Waals surface area contributed by atoms with Crippen molar-refractivity contribution in [2.45, 2.75) is 59.0 Å². The predicted octanol–water partition coefficient (Wildman–Crippen LogP) is 2.73. The van der Waals surface area contributed by atoms with E-state index in [1.54, 1.807) is 6.07 Å². The molecule has 0 aliphatic carbocycles. The van der Waals surface area contributed by atoms with Crippen molar-refractivity contribution < 1.29 is 18.8 Å². The summed E-state index contributed by atoms with van der Waals surface area (Å²) in [4.78, 5) is 39.6. The normalized spacial score (nSPS) is 17.0. The highest BCUT2D eigenvalue weighted by molar-refractivity contribution is 5.97. The summed E-state index contributed by atoms with van der Waals surface area (Å²) in [6.45, 7) is 8.69. The fourth-order valence-electron chi connectivity index (χ4n) is 3.51. The van der Waals surface area contributed by atoms with Gasteiger partial charge in [-0.15, -0.1) is 0 Å². The summed E-state index contributed by atoms with van der Waals surface area (Å²) in [5.74, 6) is -1.59. The van der Waals surface area contributed by atoms with Crippen molar-refractivity contribution in [1.29, 1.82) is 0 Å². The van der Waals surface area contributed by atoms with E-state index in [4.69, 9.17) is 0 Å². The minimum absolute atomic E-state index is 0.0297. The number of amides is 3. The highest BCUT2D eigenvalue weighted by atomic mass is 19.1. The summed E-state index contributed by atoms with van der Waals surface area (Å²) in [6.07, 6.45) is 1.98. The van der Waals surface area contributed by atoms with Gasteiger partial charge in [-0.1, -0.05) is 32.9 Å². The molecule has 3 amide bonds. The van der Waals surface area contributed by atoms with Crippen molar-refractivity contribution in [3.05, 3.63) is 35.6 Å². The van der Waals surface area contributed by atoms with Gasteiger partial charge in [0.25, 0.3) is 5.91 Å². The molecule has 1 heterocycles. The van der Waals surface area contributed by atoms with Crippen LogP contribution in [0.15, 0.2) is 24.3 Å². The molecule has 0 spiro atoms. The maximum Gasteiger partial charge on any atom is 0.254 e. The van der Waals surface area contributed by atoms with Crippen LogP contribution in [0, 0.1) is 17.7 Å². The fraction of sp³-hybridized carbons (Fsp3) is 0.591. The SMILES string of the molecule is CC[C@@H](C)NC(=O)[C@@H](NC(=O)c1ccccc1F)C1CCN(C(=O)C(C)C)CC1. The van der Waals surface area contributed by atoms with Gasteiger partial charge in [0.2, 0.25) is 11.8 Å². The van der Waals surface area contributed by atoms with E-state index in [1.165, 1.54) is 18.2 Å². The lowest BCUT2D eigenvalue weighted by Crippen LogP contribution is -2.55. The van der Waals surface area contributed by atoms with Crippen LogP contribution in [-0.2, 0) is 9.59 Å². The molecular weight excluding hydrogens is 373 g/mol. The lowest BCUT2D eigenvalue weighted by atomic mass is 9.88. The molecule has 6 nitrogen and oxygen atoms in total. The molecule has 0 aromatic heterocycles. The van der Waals surface area contributed by atoms with Gasteiger partial charge >= 0.3 is 0 Å². The molecule has 0 radical (unpaired) electrons. The quantitative estimate of drug-likeness (QED) is 0.732. The Labute approximate surface area is 172 Å². The van der Waals surface area contributed by atoms with Crippen molar-refractivity contribution in [3.8, 4) is 0 Å². The van der Waals surface area contributed by atoms with E-state index in [9.17, 15) is 18.8 Å². The van der Waals surface area contributed by atoms with Gasteiger partial charge in [-0.25, -0.2) is 4.39 Å². The van der Waals surface area contributed by atoms with Gasteiger partial charge in [-0.05, 0) is 44.2 Å². The molecule has 0 bridgehead atoms. The summed E-state index contributed by atoms with van der Waals surface area (Å²) in [7, 11) is 0. The molecule has 2 N–H and O–H groups in total. The minimum Gasteiger partial charge on any atom is -0.352 e. The van der Waals surface area contributed by atoms with Crippen molar-refractivity contribution in [2.75, 3.05) is 13.1 Å². The number of nitrogens with zero attached hydrogens (tertiary/aromatic N) is 1. The zero-order valence-electron chi connectivity index (χ0n) is 17.7. The van der Waals surface area contributed by atoms with Crippen LogP contribution >= 0.6 is 0 Å². The van der Waals surface area contributed by atoms with Crippen molar-refractivity contribution in [1.82, 2.24) is 15.5 Å². The number of halogens is 1. The first-order chi connectivity index (χ1) is 13.7. The minimum atomic E-state index is -0.771. The molecule has 1 aliphatic heterocycles. The first-order valence-electron chi connectivity index (χ1n) is 10.4. The van der Waals surface area contributed by atoms with Gasteiger partial charge in [0.1, 0.15) is 11.9 Å². The molecule has 7 heteroatoms. The molecule has 1 aromatic carbocycles. The number of carbonyl (C=O) groups is 3. The third kappa shape index (κ3) is 6.02. The second-order valence-electron chi connectivity index (χ2n) is 8.07. The monoisotopic (exact) mass is 405 g/mol. The smallest absolute Gasteiger partial charge is 0.254 e. The maximum absolute atomic E-state index is 14.0. The van der Waals surface area contributed by atoms with Crippen LogP contribution in [0.4, 0.5) is 4.39 Å². The fourth-order valence-corrected chi connectivity index (χ4v) is 3.51. The van der Waals surface area contributed by atoms with Crippen molar-refractivity contribution in [2.24, 2.45) is 11.8 Å². The topological polar surface area (TPSA) is 78.5 Å². The van der Waals surface area contributed by atoms with Crippen LogP contribution in [0.5, 0.6) is 0 Å². The van der Waals surface area contributed by atoms with E-state index in [2.05, 4.69) is 10.6 Å². The number of hydrogen-bond donors (Lipinski definition) is 2. The molecule has 2 atom stereocenters. The van der Waals surface area contributed by atoms with Crippen LogP contribution in [0.25, 0.3) is 0 Å². The standard InChI is InChI=1S/C22H32FN3O3/c1-5-15(4)24-21(28)19(25-20(27)17-8-6-7-9-18(17)23)16-10-12-26(13-11-16)22(29)14(2)3/h6-9,14-16,19H,5,10-13H2,1-4H3,(H,24,28)(H,25,27)/t15-,19+/m1/s1. The molecule has 2 rings (SSSR count). The van der Waals surface area contributed by atoms with Gasteiger partial charge in [-0.3, -0.25) is 14.4 Å². The lowest BCUT2D eigenvalue weighted by molar-refractivity contribution is -0.136. The summed E-state index contributed by atoms with van der Waals surface area (Å²) >= 11 is 0. The Morgan fingerprint density at radius 3 is 2.28 bits per heavy atom. The number of benzene rings is 1. The number of likely N-dealkylation sites (tertiary alicyclic amines) is 1. The van der Waals surface area contributed by atoms with Crippen LogP contribution < -0.4 is 10.6 Å². The number of piperidine rings is 1. The van der Waals surface area contributed by atoms with Crippen molar-refractivity contribution >= 4 is 17.7 Å². The van der Waals surface area contributed by atoms with E-state index in [0.717, 1.165) is 6.42 Å². The van der Waals surface area contributed by atoms with Crippen LogP contribution in [0.2, 0.25) is 0 Å². The molecular formula is C22H32FN3O3. The number of nitrogens with one attached hydrogen (secondary N) is 2. The lowest BCUT2D eigenvalue weighted by Gasteiger charge is -2.36. The molecule has 160 valence electrons. The van der Waals surface area contributed by atoms with E-state index in [-0.39, 0.29) is 35.3 Å². The van der Waals surface area contributed by atoms with E-state index in [1.807, 2.05) is 32.6 Å². The summed E-state index contributed by atoms with van der Waals surface area (Å²) in [5, 5.41) is 5.67. The van der Waals surface area contributed by atoms with Crippen LogP contribution in [0.3, 0.4) is 0 Å². The Morgan fingerprint density at radius 1 is 1.10 bits per heavy atom. The van der Waals surface area contributed by atoms with E-state index in [0.29, 0.717) is 25.9 Å². The number of rotatable bonds is 7. The highest BCUT2D eigenvalue weighted by Gasteiger charge is 2.35. The second-order valence-corrected chi connectivity index (χ2v) is 8.07. The Hall–Kier alpha value is -2.44. The molecule has 0 saturated carbocycles. The third-order valence-corrected chi connectivity index (χ3v) is 5.51. The van der Waals surface area contributed by atoms with E-state index >= 15 is 0 Å². The first-order valence-corrected chi connectivity index (χ1v) is 10.4. The highest BCUT2D eigenvalue weighted by Crippen LogP contribution is 2.23. The average Bonchev–Trinajstić information content (AvgIpc) is 2.71. The zero-order chi connectivity index (χ0) is 21.6. The van der Waals surface area contributed by atoms with Gasteiger partial charge < -0.3 is 15.5 Å². The van der Waals surface area contributed by atoms with Gasteiger partial charge in [0.15, 0.2) is 0 Å². The summed E-state index contributed by atoms with van der Waals surface area (Å²) in [5.41, 5.74) is -0.0822. The summed E-state index contributed by atoms with van der Waals surface area (Å²) < 4.78 is 14.0. The largest absolute Gasteiger partial charge is 0.352 e. The first kappa shape index (κ1) is 22.8. The summed E-state index contributed by atoms with van der Waals surface area (Å²) in [6, 6.07) is 4.92. The second kappa shape index (κ2) is 10.4. The van der Waals surface area contributed by atoms with Crippen LogP contribution in [-0.4, -0.2) is 47.8 Å². The Balaban J connectivity index is 2.13. The van der Waals surface area contributed by atoms with Crippen molar-refractivity contribution in [3.63, 3.8) is 0 Å². The van der Waals surface area contributed by atoms with Gasteiger partial charge in [-0.2, -0.15) is 0 Å². The van der Waals surface area contributed by atoms with Crippen LogP contribution in [0.1, 0.15) is 57.3 Å². The molecule has 29 heavy (non-hydrogen) atoms. The molecule has 0 unspecified atom stereocenters. The predicted molar refractivity (Wildman–Crippen MR) is 110 cm³/mol. The molecule has 1 fully saturated rings.